The van der Waals surface area contributed by atoms with Crippen LogP contribution in [-0.2, 0) is 4.79 Å². The third-order valence-electron chi connectivity index (χ3n) is 4.50. The van der Waals surface area contributed by atoms with E-state index in [1.807, 2.05) is 25.1 Å². The van der Waals surface area contributed by atoms with Gasteiger partial charge in [0.2, 0.25) is 5.91 Å². The van der Waals surface area contributed by atoms with Crippen molar-refractivity contribution in [2.75, 3.05) is 5.32 Å². The van der Waals surface area contributed by atoms with Gasteiger partial charge in [-0.2, -0.15) is 0 Å². The number of piperidine rings is 1. The highest BCUT2D eigenvalue weighted by Crippen LogP contribution is 2.32. The van der Waals surface area contributed by atoms with Crippen LogP contribution in [0.25, 0.3) is 0 Å². The van der Waals surface area contributed by atoms with Crippen LogP contribution in [-0.4, -0.2) is 18.0 Å². The molecule has 1 amide bonds. The van der Waals surface area contributed by atoms with E-state index in [2.05, 4.69) is 10.6 Å². The van der Waals surface area contributed by atoms with Crippen molar-refractivity contribution in [1.29, 1.82) is 0 Å². The number of carbonyl (C=O) groups is 1. The minimum Gasteiger partial charge on any atom is -0.326 e. The second kappa shape index (κ2) is 6.99. The van der Waals surface area contributed by atoms with E-state index in [4.69, 9.17) is 11.6 Å². The van der Waals surface area contributed by atoms with E-state index in [0.717, 1.165) is 24.1 Å². The Labute approximate surface area is 137 Å². The molecule has 0 spiro atoms. The van der Waals surface area contributed by atoms with Gasteiger partial charge < -0.3 is 10.6 Å². The number of rotatable bonds is 3. The second-order valence-electron chi connectivity index (χ2n) is 6.19. The Balaban J connectivity index is 0.00000161. The zero-order chi connectivity index (χ0) is 14.1. The summed E-state index contributed by atoms with van der Waals surface area (Å²) in [4.78, 5) is 12.1. The van der Waals surface area contributed by atoms with Gasteiger partial charge in [0.05, 0.1) is 0 Å². The number of fused-ring (bicyclic) bond motifs is 2. The summed E-state index contributed by atoms with van der Waals surface area (Å²) in [5, 5.41) is 7.27. The van der Waals surface area contributed by atoms with Crippen molar-refractivity contribution in [2.45, 2.75) is 51.1 Å². The number of anilines is 1. The van der Waals surface area contributed by atoms with Gasteiger partial charge in [-0.15, -0.1) is 12.4 Å². The van der Waals surface area contributed by atoms with Crippen molar-refractivity contribution in [3.63, 3.8) is 0 Å². The number of carbonyl (C=O) groups excluding carboxylic acids is 1. The van der Waals surface area contributed by atoms with Gasteiger partial charge in [0.1, 0.15) is 0 Å². The maximum absolute atomic E-state index is 12.1. The van der Waals surface area contributed by atoms with Gasteiger partial charge in [-0.3, -0.25) is 4.79 Å². The fourth-order valence-electron chi connectivity index (χ4n) is 3.49. The molecule has 0 radical (unpaired) electrons. The Morgan fingerprint density at radius 3 is 2.62 bits per heavy atom. The van der Waals surface area contributed by atoms with Crippen LogP contribution in [0.15, 0.2) is 18.2 Å². The third-order valence-corrected chi connectivity index (χ3v) is 4.91. The van der Waals surface area contributed by atoms with Gasteiger partial charge in [0.25, 0.3) is 0 Å². The molecule has 3 rings (SSSR count). The molecule has 2 unspecified atom stereocenters. The monoisotopic (exact) mass is 328 g/mol. The molecule has 1 aromatic carbocycles. The molecule has 2 N–H and O–H groups in total. The van der Waals surface area contributed by atoms with Crippen molar-refractivity contribution in [3.05, 3.63) is 28.8 Å². The average molecular weight is 329 g/mol. The van der Waals surface area contributed by atoms with Crippen LogP contribution in [0.5, 0.6) is 0 Å². The molecule has 0 aliphatic carbocycles. The van der Waals surface area contributed by atoms with Gasteiger partial charge >= 0.3 is 0 Å². The van der Waals surface area contributed by atoms with Gasteiger partial charge in [0.15, 0.2) is 0 Å². The smallest absolute Gasteiger partial charge is 0.224 e. The van der Waals surface area contributed by atoms with Crippen LogP contribution in [0.3, 0.4) is 0 Å². The number of hydrogen-bond donors (Lipinski definition) is 2. The molecular weight excluding hydrogens is 307 g/mol. The van der Waals surface area contributed by atoms with E-state index >= 15 is 0 Å². The maximum Gasteiger partial charge on any atom is 0.224 e. The standard InChI is InChI=1S/C16H21ClN2O.ClH/c1-10-2-3-14(9-15(10)17)19-16(20)8-11-6-12-4-5-13(7-11)18-12;/h2-3,9,11-13,18H,4-8H2,1H3,(H,19,20);1H. The molecule has 2 heterocycles. The van der Waals surface area contributed by atoms with E-state index in [0.29, 0.717) is 29.4 Å². The molecule has 2 aliphatic rings. The highest BCUT2D eigenvalue weighted by atomic mass is 35.5. The summed E-state index contributed by atoms with van der Waals surface area (Å²) in [6.07, 6.45) is 5.45. The van der Waals surface area contributed by atoms with Crippen molar-refractivity contribution >= 4 is 35.6 Å². The first-order chi connectivity index (χ1) is 9.60. The van der Waals surface area contributed by atoms with Crippen molar-refractivity contribution in [1.82, 2.24) is 5.32 Å². The summed E-state index contributed by atoms with van der Waals surface area (Å²) in [6, 6.07) is 6.94. The fourth-order valence-corrected chi connectivity index (χ4v) is 3.67. The molecule has 2 fully saturated rings. The first kappa shape index (κ1) is 16.6. The molecule has 5 heteroatoms. The summed E-state index contributed by atoms with van der Waals surface area (Å²) < 4.78 is 0. The zero-order valence-electron chi connectivity index (χ0n) is 12.2. The summed E-state index contributed by atoms with van der Waals surface area (Å²) in [7, 11) is 0. The quantitative estimate of drug-likeness (QED) is 0.882. The number of halogens is 2. The Bertz CT molecular complexity index is 509. The number of amides is 1. The first-order valence-electron chi connectivity index (χ1n) is 7.42. The lowest BCUT2D eigenvalue weighted by Gasteiger charge is -2.28. The molecule has 2 aliphatic heterocycles. The number of benzene rings is 1. The molecule has 2 bridgehead atoms. The van der Waals surface area contributed by atoms with Gasteiger partial charge in [-0.05, 0) is 56.2 Å². The molecule has 3 nitrogen and oxygen atoms in total. The van der Waals surface area contributed by atoms with Crippen molar-refractivity contribution in [2.24, 2.45) is 5.92 Å². The van der Waals surface area contributed by atoms with Gasteiger partial charge in [-0.25, -0.2) is 0 Å². The van der Waals surface area contributed by atoms with Crippen LogP contribution in [0.2, 0.25) is 5.02 Å². The van der Waals surface area contributed by atoms with E-state index in [-0.39, 0.29) is 18.3 Å². The second-order valence-corrected chi connectivity index (χ2v) is 6.60. The minimum absolute atomic E-state index is 0. The van der Waals surface area contributed by atoms with Crippen molar-refractivity contribution < 1.29 is 4.79 Å². The van der Waals surface area contributed by atoms with E-state index in [9.17, 15) is 4.79 Å². The van der Waals surface area contributed by atoms with Crippen LogP contribution in [0.1, 0.15) is 37.7 Å². The highest BCUT2D eigenvalue weighted by molar-refractivity contribution is 6.31. The zero-order valence-corrected chi connectivity index (χ0v) is 13.8. The Kier molecular flexibility index (Phi) is 5.53. The van der Waals surface area contributed by atoms with E-state index < -0.39 is 0 Å². The fraction of sp³-hybridized carbons (Fsp3) is 0.562. The normalized spacial score (nSPS) is 27.0. The molecule has 0 saturated carbocycles. The van der Waals surface area contributed by atoms with Crippen LogP contribution in [0, 0.1) is 12.8 Å². The van der Waals surface area contributed by atoms with Gasteiger partial charge in [0, 0.05) is 29.2 Å². The number of aryl methyl sites for hydroxylation is 1. The molecule has 2 saturated heterocycles. The average Bonchev–Trinajstić information content (AvgIpc) is 2.73. The van der Waals surface area contributed by atoms with Crippen LogP contribution < -0.4 is 10.6 Å². The summed E-state index contributed by atoms with van der Waals surface area (Å²) in [6.45, 7) is 1.96. The number of nitrogens with one attached hydrogen (secondary N) is 2. The summed E-state index contributed by atoms with van der Waals surface area (Å²) >= 11 is 6.08. The molecular formula is C16H22Cl2N2O. The summed E-state index contributed by atoms with van der Waals surface area (Å²) in [5.41, 5.74) is 1.82. The molecule has 0 aromatic heterocycles. The van der Waals surface area contributed by atoms with E-state index in [1.165, 1.54) is 12.8 Å². The predicted octanol–water partition coefficient (Wildman–Crippen LogP) is 3.93. The SMILES string of the molecule is Cc1ccc(NC(=O)CC2CC3CCC(C2)N3)cc1Cl.Cl. The van der Waals surface area contributed by atoms with Crippen LogP contribution in [0.4, 0.5) is 5.69 Å². The largest absolute Gasteiger partial charge is 0.326 e. The topological polar surface area (TPSA) is 41.1 Å². The maximum atomic E-state index is 12.1. The lowest BCUT2D eigenvalue weighted by atomic mass is 9.89. The molecule has 21 heavy (non-hydrogen) atoms. The lowest BCUT2D eigenvalue weighted by Crippen LogP contribution is -2.39. The minimum atomic E-state index is 0. The van der Waals surface area contributed by atoms with Gasteiger partial charge in [-0.1, -0.05) is 17.7 Å². The molecule has 116 valence electrons. The molecule has 2 atom stereocenters. The summed E-state index contributed by atoms with van der Waals surface area (Å²) in [5.74, 6) is 0.630. The highest BCUT2D eigenvalue weighted by Gasteiger charge is 2.34. The van der Waals surface area contributed by atoms with Crippen molar-refractivity contribution in [3.8, 4) is 0 Å². The first-order valence-corrected chi connectivity index (χ1v) is 7.80. The Hall–Kier alpha value is -0.770. The Morgan fingerprint density at radius 1 is 1.33 bits per heavy atom. The molecule has 1 aromatic rings. The lowest BCUT2D eigenvalue weighted by molar-refractivity contribution is -0.117. The third kappa shape index (κ3) is 4.12. The number of hydrogen-bond acceptors (Lipinski definition) is 2. The predicted molar refractivity (Wildman–Crippen MR) is 89.4 cm³/mol. The van der Waals surface area contributed by atoms with E-state index in [1.54, 1.807) is 0 Å². The Morgan fingerprint density at radius 2 is 2.00 bits per heavy atom. The van der Waals surface area contributed by atoms with Crippen LogP contribution >= 0.6 is 24.0 Å².